The average molecular weight is 719 g/mol. The third kappa shape index (κ3) is 6.28. The van der Waals surface area contributed by atoms with Gasteiger partial charge < -0.3 is 29.3 Å². The SMILES string of the molecule is C=CC1=C(C)c2cc3nc(cc4[nH]c(cc5[nH]c(cc1n2)c(C)c5CCC(=O)O)c(CCC(=O)OC)c4C)C1(C)C3=CC=C(C(=O)OC)C1C(=O)OC. The number of esters is 3. The quantitative estimate of drug-likeness (QED) is 0.166. The molecule has 2 atom stereocenters. The number of aromatic amines is 2. The monoisotopic (exact) mass is 718 g/mol. The fourth-order valence-corrected chi connectivity index (χ4v) is 7.69. The van der Waals surface area contributed by atoms with Crippen molar-refractivity contribution in [2.24, 2.45) is 5.92 Å². The molecule has 1 aliphatic carbocycles. The second-order valence-corrected chi connectivity index (χ2v) is 13.5. The maximum atomic E-state index is 13.7. The summed E-state index contributed by atoms with van der Waals surface area (Å²) in [6.45, 7) is 11.8. The van der Waals surface area contributed by atoms with E-state index in [4.69, 9.17) is 24.2 Å². The van der Waals surface area contributed by atoms with Crippen LogP contribution >= 0.6 is 0 Å². The molecule has 0 amide bonds. The number of H-pyrrole nitrogens is 2. The molecule has 8 bridgehead atoms. The number of aryl methyl sites for hydroxylation is 4. The van der Waals surface area contributed by atoms with Gasteiger partial charge in [0.1, 0.15) is 5.92 Å². The molecule has 0 radical (unpaired) electrons. The van der Waals surface area contributed by atoms with E-state index in [1.165, 1.54) is 21.3 Å². The third-order valence-electron chi connectivity index (χ3n) is 10.7. The van der Waals surface area contributed by atoms with Crippen LogP contribution in [0.3, 0.4) is 0 Å². The molecule has 0 aromatic carbocycles. The van der Waals surface area contributed by atoms with Crippen molar-refractivity contribution in [3.63, 3.8) is 0 Å². The third-order valence-corrected chi connectivity index (χ3v) is 10.7. The summed E-state index contributed by atoms with van der Waals surface area (Å²) in [7, 11) is 3.89. The first-order valence-corrected chi connectivity index (χ1v) is 17.2. The minimum Gasteiger partial charge on any atom is -0.481 e. The lowest BCUT2D eigenvalue weighted by molar-refractivity contribution is -0.149. The number of allylic oxidation sites excluding steroid dienone is 6. The van der Waals surface area contributed by atoms with Gasteiger partial charge in [-0.05, 0) is 98.2 Å². The number of rotatable bonds is 9. The lowest BCUT2D eigenvalue weighted by Gasteiger charge is -2.36. The van der Waals surface area contributed by atoms with Crippen molar-refractivity contribution in [1.29, 1.82) is 0 Å². The van der Waals surface area contributed by atoms with Crippen LogP contribution in [-0.4, -0.2) is 70.2 Å². The van der Waals surface area contributed by atoms with E-state index in [0.29, 0.717) is 51.3 Å². The van der Waals surface area contributed by atoms with Gasteiger partial charge in [0.05, 0.1) is 55.1 Å². The van der Waals surface area contributed by atoms with Gasteiger partial charge in [-0.25, -0.2) is 9.78 Å². The van der Waals surface area contributed by atoms with E-state index >= 15 is 0 Å². The predicted molar refractivity (Wildman–Crippen MR) is 200 cm³/mol. The zero-order valence-electron chi connectivity index (χ0n) is 30.9. The number of methoxy groups -OCH3 is 3. The first-order valence-electron chi connectivity index (χ1n) is 17.2. The number of hydrogen-bond acceptors (Lipinski definition) is 9. The van der Waals surface area contributed by atoms with Crippen LogP contribution in [0.4, 0.5) is 0 Å². The molecule has 5 heterocycles. The molecule has 3 aromatic rings. The molecular weight excluding hydrogens is 676 g/mol. The lowest BCUT2D eigenvalue weighted by atomic mass is 9.64. The van der Waals surface area contributed by atoms with Gasteiger partial charge in [-0.1, -0.05) is 24.8 Å². The van der Waals surface area contributed by atoms with Gasteiger partial charge in [0, 0.05) is 40.5 Å². The van der Waals surface area contributed by atoms with E-state index in [2.05, 4.69) is 16.5 Å². The molecule has 12 nitrogen and oxygen atoms in total. The molecule has 6 rings (SSSR count). The molecule has 3 aliphatic rings. The Kier molecular flexibility index (Phi) is 9.83. The number of nitrogens with zero attached hydrogens (tertiary/aromatic N) is 2. The zero-order valence-corrected chi connectivity index (χ0v) is 30.9. The summed E-state index contributed by atoms with van der Waals surface area (Å²) in [4.78, 5) is 68.1. The topological polar surface area (TPSA) is 174 Å². The summed E-state index contributed by atoms with van der Waals surface area (Å²) in [5.41, 5.74) is 9.92. The largest absolute Gasteiger partial charge is 0.481 e. The van der Waals surface area contributed by atoms with Gasteiger partial charge >= 0.3 is 23.9 Å². The van der Waals surface area contributed by atoms with Crippen LogP contribution in [0.2, 0.25) is 0 Å². The van der Waals surface area contributed by atoms with Crippen molar-refractivity contribution in [2.75, 3.05) is 21.3 Å². The second kappa shape index (κ2) is 14.2. The summed E-state index contributed by atoms with van der Waals surface area (Å²) < 4.78 is 15.4. The van der Waals surface area contributed by atoms with Crippen molar-refractivity contribution in [1.82, 2.24) is 19.9 Å². The van der Waals surface area contributed by atoms with E-state index in [0.717, 1.165) is 38.9 Å². The number of aliphatic carboxylic acids is 1. The van der Waals surface area contributed by atoms with Crippen LogP contribution in [0, 0.1) is 19.8 Å². The Hall–Kier alpha value is -6.04. The van der Waals surface area contributed by atoms with Crippen LogP contribution in [0.25, 0.3) is 38.8 Å². The van der Waals surface area contributed by atoms with Crippen molar-refractivity contribution in [3.8, 4) is 0 Å². The highest BCUT2D eigenvalue weighted by atomic mass is 16.5. The standard InChI is InChI=1S/C41H42N4O8/c1-9-23-20(2)29-17-34-27-13-10-26(39(49)52-7)38(40(50)53-8)41(27,5)35(45-34)19-30-22(4)25(12-15-37(48)51-6)33(44-30)18-32-24(11-14-36(46)47)21(3)28(43-32)16-31(23)42-29/h9-10,13,16-19,38,43-44H,1,11-12,14-15H2,2-8H3,(H,46,47). The summed E-state index contributed by atoms with van der Waals surface area (Å²) in [5.74, 6) is -3.66. The predicted octanol–water partition coefficient (Wildman–Crippen LogP) is 6.41. The van der Waals surface area contributed by atoms with Crippen molar-refractivity contribution < 1.29 is 38.5 Å². The molecule has 274 valence electrons. The van der Waals surface area contributed by atoms with E-state index < -0.39 is 29.2 Å². The Morgan fingerprint density at radius 2 is 1.45 bits per heavy atom. The highest BCUT2D eigenvalue weighted by molar-refractivity contribution is 6.02. The van der Waals surface area contributed by atoms with Gasteiger partial charge in [-0.15, -0.1) is 0 Å². The summed E-state index contributed by atoms with van der Waals surface area (Å²) in [5, 5.41) is 9.61. The first kappa shape index (κ1) is 36.7. The van der Waals surface area contributed by atoms with E-state index in [1.807, 2.05) is 52.0 Å². The Labute approximate surface area is 306 Å². The normalized spacial score (nSPS) is 17.8. The minimum absolute atomic E-state index is 0.0715. The molecule has 3 aromatic heterocycles. The van der Waals surface area contributed by atoms with E-state index in [9.17, 15) is 24.3 Å². The number of carboxylic acids is 1. The van der Waals surface area contributed by atoms with Crippen LogP contribution in [0.5, 0.6) is 0 Å². The maximum Gasteiger partial charge on any atom is 0.334 e. The highest BCUT2D eigenvalue weighted by Crippen LogP contribution is 2.52. The Bertz CT molecular complexity index is 2370. The van der Waals surface area contributed by atoms with Gasteiger partial charge in [0.15, 0.2) is 0 Å². The number of carbonyl (C=O) groups is 4. The Balaban J connectivity index is 1.78. The van der Waals surface area contributed by atoms with E-state index in [1.54, 1.807) is 18.2 Å². The smallest absolute Gasteiger partial charge is 0.334 e. The molecule has 0 saturated heterocycles. The van der Waals surface area contributed by atoms with Gasteiger partial charge in [0.2, 0.25) is 0 Å². The first-order chi connectivity index (χ1) is 25.3. The molecule has 53 heavy (non-hydrogen) atoms. The average Bonchev–Trinajstić information content (AvgIpc) is 3.79. The number of carbonyl (C=O) groups excluding carboxylic acids is 3. The maximum absolute atomic E-state index is 13.7. The number of ether oxygens (including phenoxy) is 3. The van der Waals surface area contributed by atoms with Gasteiger partial charge in [-0.2, -0.15) is 0 Å². The van der Waals surface area contributed by atoms with E-state index in [-0.39, 0.29) is 30.8 Å². The fraction of sp³-hybridized carbons (Fsp3) is 0.317. The molecule has 2 aliphatic heterocycles. The Morgan fingerprint density at radius 3 is 2.04 bits per heavy atom. The summed E-state index contributed by atoms with van der Waals surface area (Å²) in [6, 6.07) is 7.59. The van der Waals surface area contributed by atoms with Gasteiger partial charge in [0.25, 0.3) is 0 Å². The Morgan fingerprint density at radius 1 is 0.811 bits per heavy atom. The number of carboxylic acid groups (broad SMARTS) is 1. The van der Waals surface area contributed by atoms with Crippen LogP contribution in [-0.2, 0) is 51.6 Å². The van der Waals surface area contributed by atoms with Crippen molar-refractivity contribution in [3.05, 3.63) is 99.7 Å². The molecular formula is C41H42N4O8. The molecule has 0 spiro atoms. The summed E-state index contributed by atoms with van der Waals surface area (Å²) in [6.07, 6.45) is 5.80. The minimum atomic E-state index is -1.18. The molecule has 3 N–H and O–H groups in total. The number of nitrogens with one attached hydrogen (secondary N) is 2. The van der Waals surface area contributed by atoms with Crippen molar-refractivity contribution >= 4 is 62.7 Å². The number of hydrogen-bond donors (Lipinski definition) is 3. The lowest BCUT2D eigenvalue weighted by Crippen LogP contribution is -2.42. The highest BCUT2D eigenvalue weighted by Gasteiger charge is 2.53. The van der Waals surface area contributed by atoms with Crippen LogP contribution < -0.4 is 0 Å². The van der Waals surface area contributed by atoms with Crippen molar-refractivity contribution in [2.45, 2.75) is 58.8 Å². The molecule has 2 unspecified atom stereocenters. The van der Waals surface area contributed by atoms with Crippen LogP contribution in [0.15, 0.2) is 54.6 Å². The fourth-order valence-electron chi connectivity index (χ4n) is 7.69. The van der Waals surface area contributed by atoms with Gasteiger partial charge in [-0.3, -0.25) is 19.4 Å². The zero-order chi connectivity index (χ0) is 38.4. The molecule has 12 heteroatoms. The number of fused-ring (bicyclic) bond motifs is 11. The molecule has 0 fully saturated rings. The second-order valence-electron chi connectivity index (χ2n) is 13.5. The van der Waals surface area contributed by atoms with Crippen LogP contribution in [0.1, 0.15) is 71.7 Å². The molecule has 0 saturated carbocycles. The number of aromatic nitrogens is 4. The summed E-state index contributed by atoms with van der Waals surface area (Å²) >= 11 is 0.